The molecular formula is C57H35N3O. The molecule has 0 atom stereocenters. The predicted octanol–water partition coefficient (Wildman–Crippen LogP) is 15.1. The second-order valence-corrected chi connectivity index (χ2v) is 12.8. The van der Waals surface area contributed by atoms with Gasteiger partial charge in [-0.15, -0.1) is 0 Å². The van der Waals surface area contributed by atoms with Crippen LogP contribution in [0.3, 0.4) is 0 Å². The van der Waals surface area contributed by atoms with Crippen molar-refractivity contribution in [2.45, 2.75) is 0 Å². The van der Waals surface area contributed by atoms with Crippen LogP contribution >= 0.6 is 0 Å². The number of nitrogens with zero attached hydrogens (tertiary/aromatic N) is 3. The molecule has 0 spiro atoms. The average Bonchev–Trinajstić information content (AvgIpc) is 0.987. The number of hydrogen-bond acceptors (Lipinski definition) is 4. The Morgan fingerprint density at radius 1 is 0.262 bits per heavy atom. The third-order valence-corrected chi connectivity index (χ3v) is 9.42. The second-order valence-electron chi connectivity index (χ2n) is 12.8. The highest BCUT2D eigenvalue weighted by atomic mass is 16.3. The van der Waals surface area contributed by atoms with Gasteiger partial charge in [0.25, 0.3) is 0 Å². The molecule has 1 aliphatic carbocycles. The summed E-state index contributed by atoms with van der Waals surface area (Å²) in [6, 6.07) is -35.8. The van der Waals surface area contributed by atoms with Crippen molar-refractivity contribution in [3.05, 3.63) is 211 Å². The van der Waals surface area contributed by atoms with Crippen LogP contribution in [-0.4, -0.2) is 15.0 Å². The Hall–Kier alpha value is -8.21. The van der Waals surface area contributed by atoms with Crippen molar-refractivity contribution in [3.63, 3.8) is 0 Å². The molecule has 2 aromatic heterocycles. The van der Waals surface area contributed by atoms with Crippen molar-refractivity contribution in [2.75, 3.05) is 0 Å². The Bertz CT molecular complexity index is 5390. The molecule has 0 bridgehead atoms. The molecule has 61 heavy (non-hydrogen) atoms. The van der Waals surface area contributed by atoms with Crippen molar-refractivity contribution in [3.8, 4) is 101 Å². The summed E-state index contributed by atoms with van der Waals surface area (Å²) in [5.74, 6) is -2.74. The predicted molar refractivity (Wildman–Crippen MR) is 250 cm³/mol. The maximum absolute atomic E-state index is 10.2. The molecule has 11 aromatic rings. The van der Waals surface area contributed by atoms with E-state index in [1.54, 1.807) is 0 Å². The first-order valence-corrected chi connectivity index (χ1v) is 17.7. The van der Waals surface area contributed by atoms with E-state index < -0.39 is 334 Å². The number of rotatable bonds is 5. The summed E-state index contributed by atoms with van der Waals surface area (Å²) in [5, 5.41) is -1.45. The van der Waals surface area contributed by atoms with Crippen LogP contribution in [-0.2, 0) is 0 Å². The van der Waals surface area contributed by atoms with E-state index in [2.05, 4.69) is 15.0 Å². The van der Waals surface area contributed by atoms with Crippen LogP contribution in [0.1, 0.15) is 48.0 Å². The molecule has 12 rings (SSSR count). The van der Waals surface area contributed by atoms with Gasteiger partial charge in [-0.1, -0.05) is 199 Å². The van der Waals surface area contributed by atoms with Gasteiger partial charge in [-0.25, -0.2) is 15.0 Å². The number of fused-ring (bicyclic) bond motifs is 11. The van der Waals surface area contributed by atoms with Gasteiger partial charge in [-0.05, 0) is 67.7 Å². The fourth-order valence-electron chi connectivity index (χ4n) is 6.78. The Balaban J connectivity index is 1.23. The maximum atomic E-state index is 10.2. The third kappa shape index (κ3) is 5.88. The van der Waals surface area contributed by atoms with Crippen molar-refractivity contribution in [1.82, 2.24) is 15.0 Å². The first-order valence-electron chi connectivity index (χ1n) is 35.2. The van der Waals surface area contributed by atoms with Crippen molar-refractivity contribution in [1.29, 1.82) is 0 Å². The Morgan fingerprint density at radius 3 is 1.10 bits per heavy atom. The molecule has 2 heterocycles. The van der Waals surface area contributed by atoms with Crippen LogP contribution in [0.15, 0.2) is 216 Å². The smallest absolute Gasteiger partial charge is 0.164 e. The van der Waals surface area contributed by atoms with Crippen LogP contribution in [0.4, 0.5) is 0 Å². The highest BCUT2D eigenvalue weighted by molar-refractivity contribution is 6.13. The Labute approximate surface area is 402 Å². The molecule has 0 saturated heterocycles. The third-order valence-electron chi connectivity index (χ3n) is 9.42. The SMILES string of the molecule is [2H]c1c([2H])c([2H])c(-c2nc(-c3c([2H])c([2H])c([2H])c([2H])c3[2H])nc(-c3c([2H])c([2H])c([2H])c(-c4c([2H])c([2H])c([2H])c5c4oc4c(-c6c([2H])c([2H])c7c(c6[2H])-c6c([2H])c([2H])c([2H])c([2H])c6-c6c([2H])c([2H])c([2H])c([2H])c6-c6c([2H])c([2H])c([2H])c([2H])c6-7)c([2H])c([2H])c([2H])c45)c3[2H])n2)c([2H])c1[2H]. The number of aromatic nitrogens is 3. The Kier molecular flexibility index (Phi) is 3.39. The molecule has 0 fully saturated rings. The van der Waals surface area contributed by atoms with Gasteiger partial charge in [0.15, 0.2) is 17.5 Å². The van der Waals surface area contributed by atoms with Gasteiger partial charge in [-0.3, -0.25) is 0 Å². The van der Waals surface area contributed by atoms with Gasteiger partial charge < -0.3 is 4.42 Å². The van der Waals surface area contributed by atoms with E-state index in [1.807, 2.05) is 0 Å². The molecule has 284 valence electrons. The van der Waals surface area contributed by atoms with Gasteiger partial charge in [0.1, 0.15) is 11.2 Å². The lowest BCUT2D eigenvalue weighted by molar-refractivity contribution is 0.671. The van der Waals surface area contributed by atoms with E-state index in [0.717, 1.165) is 0 Å². The fraction of sp³-hybridized carbons (Fsp3) is 0. The van der Waals surface area contributed by atoms with Crippen molar-refractivity contribution < 1.29 is 52.4 Å². The monoisotopic (exact) mass is 812 g/mol. The normalized spacial score (nSPS) is 19.6. The second kappa shape index (κ2) is 14.3. The van der Waals surface area contributed by atoms with Gasteiger partial charge >= 0.3 is 0 Å². The van der Waals surface area contributed by atoms with Gasteiger partial charge in [-0.2, -0.15) is 0 Å². The Morgan fingerprint density at radius 2 is 0.607 bits per heavy atom. The summed E-state index contributed by atoms with van der Waals surface area (Å²) >= 11 is 0. The van der Waals surface area contributed by atoms with Crippen LogP contribution in [0.2, 0.25) is 0 Å². The van der Waals surface area contributed by atoms with E-state index in [1.165, 1.54) is 0 Å². The van der Waals surface area contributed by atoms with Crippen LogP contribution in [0, 0.1) is 0 Å². The first kappa shape index (κ1) is 14.5. The zero-order valence-corrected chi connectivity index (χ0v) is 30.2. The fourth-order valence-corrected chi connectivity index (χ4v) is 6.78. The maximum Gasteiger partial charge on any atom is 0.164 e. The largest absolute Gasteiger partial charge is 0.455 e. The van der Waals surface area contributed by atoms with E-state index in [0.29, 0.717) is 0 Å². The molecule has 0 N–H and O–H groups in total. The standard InChI is InChI=1S/C57H35N3O/c1-3-16-36(17-4-1)55-58-56(37-18-5-2-6-19-37)60-57(59-55)40-21-13-20-38(34-40)41-28-14-30-50-51-31-15-29-42(54(51)61-53(41)50)39-32-33-49-47-26-10-9-24-45(47)43-22-7-8-23-44(43)46-25-11-12-27-48(46)52(49)35-39/h1-35H/i1D,2D,3D,4D,5D,6D,7D,8D,9D,10D,11D,12D,13D,14D,15D,16D,17D,18D,19D,20D,21D,22D,23D,24D,25D,26D,27D,28D,29D,30D,31D,32D,33D,34D,35D. The molecule has 4 heteroatoms. The van der Waals surface area contributed by atoms with Gasteiger partial charge in [0.05, 0.1) is 48.0 Å². The van der Waals surface area contributed by atoms with Gasteiger partial charge in [0.2, 0.25) is 0 Å². The zero-order chi connectivity index (χ0) is 70.7. The molecule has 0 radical (unpaired) electrons. The first-order chi connectivity index (χ1) is 44.8. The summed E-state index contributed by atoms with van der Waals surface area (Å²) in [6.07, 6.45) is 0. The molecule has 9 aromatic carbocycles. The van der Waals surface area contributed by atoms with E-state index in [-0.39, 0.29) is 0 Å². The summed E-state index contributed by atoms with van der Waals surface area (Å²) in [5.41, 5.74) is -14.4. The summed E-state index contributed by atoms with van der Waals surface area (Å²) in [4.78, 5) is 12.7. The molecule has 0 saturated carbocycles. The molecule has 0 aliphatic heterocycles. The molecule has 4 nitrogen and oxygen atoms in total. The molecule has 0 unspecified atom stereocenters. The van der Waals surface area contributed by atoms with Crippen molar-refractivity contribution >= 4 is 21.9 Å². The lowest BCUT2D eigenvalue weighted by atomic mass is 9.80. The summed E-state index contributed by atoms with van der Waals surface area (Å²) < 4.78 is 324. The molecular weight excluding hydrogens is 743 g/mol. The molecule has 0 amide bonds. The van der Waals surface area contributed by atoms with Crippen LogP contribution in [0.5, 0.6) is 0 Å². The highest BCUT2D eigenvalue weighted by Gasteiger charge is 2.23. The summed E-state index contributed by atoms with van der Waals surface area (Å²) in [6.45, 7) is 0. The van der Waals surface area contributed by atoms with Gasteiger partial charge in [0, 0.05) is 38.6 Å². The minimum absolute atomic E-state index is 0.722. The number of benzene rings is 9. The van der Waals surface area contributed by atoms with Crippen LogP contribution in [0.25, 0.3) is 123 Å². The number of furan rings is 1. The zero-order valence-electron chi connectivity index (χ0n) is 65.2. The minimum Gasteiger partial charge on any atom is -0.455 e. The average molecular weight is 813 g/mol. The lowest BCUT2D eigenvalue weighted by Gasteiger charge is -2.23. The number of hydrogen-bond donors (Lipinski definition) is 0. The highest BCUT2D eigenvalue weighted by Crippen LogP contribution is 2.49. The van der Waals surface area contributed by atoms with Crippen LogP contribution < -0.4 is 0 Å². The van der Waals surface area contributed by atoms with E-state index >= 15 is 0 Å². The number of para-hydroxylation sites is 2. The minimum atomic E-state index is -1.17. The topological polar surface area (TPSA) is 51.8 Å². The van der Waals surface area contributed by atoms with E-state index in [9.17, 15) is 26.0 Å². The summed E-state index contributed by atoms with van der Waals surface area (Å²) in [7, 11) is 0. The quantitative estimate of drug-likeness (QED) is 0.174. The van der Waals surface area contributed by atoms with E-state index in [4.69, 9.17) is 26.3 Å². The lowest BCUT2D eigenvalue weighted by Crippen LogP contribution is -2.00. The molecule has 1 aliphatic rings. The van der Waals surface area contributed by atoms with Crippen molar-refractivity contribution in [2.24, 2.45) is 0 Å².